The fourth-order valence-electron chi connectivity index (χ4n) is 3.02. The van der Waals surface area contributed by atoms with E-state index in [-0.39, 0.29) is 24.1 Å². The second kappa shape index (κ2) is 8.88. The molecule has 2 amide bonds. The van der Waals surface area contributed by atoms with Crippen LogP contribution < -0.4 is 14.9 Å². The van der Waals surface area contributed by atoms with Gasteiger partial charge >= 0.3 is 0 Å². The highest BCUT2D eigenvalue weighted by molar-refractivity contribution is 7.93. The van der Waals surface area contributed by atoms with E-state index in [1.165, 1.54) is 4.31 Å². The lowest BCUT2D eigenvalue weighted by Crippen LogP contribution is -2.37. The summed E-state index contributed by atoms with van der Waals surface area (Å²) in [6, 6.07) is 16.2. The molecule has 3 rings (SSSR count). The Morgan fingerprint density at radius 1 is 0.964 bits per heavy atom. The molecular formula is C20H23N3O4S. The van der Waals surface area contributed by atoms with Gasteiger partial charge in [0, 0.05) is 18.7 Å². The number of hydrogen-bond acceptors (Lipinski definition) is 4. The quantitative estimate of drug-likeness (QED) is 0.731. The first kappa shape index (κ1) is 19.9. The molecule has 0 radical (unpaired) electrons. The minimum Gasteiger partial charge on any atom is -0.354 e. The van der Waals surface area contributed by atoms with E-state index in [1.54, 1.807) is 24.3 Å². The van der Waals surface area contributed by atoms with Crippen LogP contribution in [-0.4, -0.2) is 45.6 Å². The summed E-state index contributed by atoms with van der Waals surface area (Å²) in [5.41, 5.74) is 2.05. The first-order chi connectivity index (χ1) is 13.5. The Kier molecular flexibility index (Phi) is 6.30. The number of anilines is 1. The molecular weight excluding hydrogens is 378 g/mol. The summed E-state index contributed by atoms with van der Waals surface area (Å²) in [5.74, 6) is -0.493. The Balaban J connectivity index is 1.45. The lowest BCUT2D eigenvalue weighted by Gasteiger charge is -2.17. The molecule has 8 heteroatoms. The Morgan fingerprint density at radius 3 is 2.32 bits per heavy atom. The third kappa shape index (κ3) is 5.10. The maximum atomic E-state index is 12.2. The average molecular weight is 401 g/mol. The van der Waals surface area contributed by atoms with Crippen molar-refractivity contribution >= 4 is 27.5 Å². The molecule has 0 saturated carbocycles. The Morgan fingerprint density at radius 2 is 1.68 bits per heavy atom. The minimum atomic E-state index is -3.24. The molecule has 2 N–H and O–H groups in total. The van der Waals surface area contributed by atoms with Gasteiger partial charge in [-0.15, -0.1) is 0 Å². The molecule has 1 saturated heterocycles. The molecule has 0 unspecified atom stereocenters. The number of carbonyl (C=O) groups is 2. The van der Waals surface area contributed by atoms with E-state index in [4.69, 9.17) is 0 Å². The Hall–Kier alpha value is -2.87. The van der Waals surface area contributed by atoms with Crippen LogP contribution in [0, 0.1) is 0 Å². The molecule has 1 heterocycles. The van der Waals surface area contributed by atoms with Crippen LogP contribution >= 0.6 is 0 Å². The number of sulfonamides is 1. The van der Waals surface area contributed by atoms with E-state index in [2.05, 4.69) is 10.6 Å². The number of rotatable bonds is 7. The topological polar surface area (TPSA) is 95.6 Å². The van der Waals surface area contributed by atoms with Gasteiger partial charge in [-0.3, -0.25) is 13.9 Å². The zero-order valence-corrected chi connectivity index (χ0v) is 16.2. The van der Waals surface area contributed by atoms with Gasteiger partial charge < -0.3 is 10.6 Å². The van der Waals surface area contributed by atoms with Crippen LogP contribution in [0.5, 0.6) is 0 Å². The van der Waals surface area contributed by atoms with E-state index in [0.717, 1.165) is 12.0 Å². The average Bonchev–Trinajstić information content (AvgIpc) is 3.06. The Bertz CT molecular complexity index is 928. The van der Waals surface area contributed by atoms with Gasteiger partial charge in [0.05, 0.1) is 18.0 Å². The molecule has 0 bridgehead atoms. The van der Waals surface area contributed by atoms with Crippen molar-refractivity contribution in [3.63, 3.8) is 0 Å². The van der Waals surface area contributed by atoms with Gasteiger partial charge in [-0.1, -0.05) is 30.3 Å². The molecule has 1 aliphatic heterocycles. The maximum Gasteiger partial charge on any atom is 0.251 e. The smallest absolute Gasteiger partial charge is 0.251 e. The first-order valence-electron chi connectivity index (χ1n) is 9.15. The number of carbonyl (C=O) groups excluding carboxylic acids is 2. The highest BCUT2D eigenvalue weighted by atomic mass is 32.2. The molecule has 0 spiro atoms. The van der Waals surface area contributed by atoms with Gasteiger partial charge in [-0.25, -0.2) is 8.42 Å². The van der Waals surface area contributed by atoms with E-state index in [0.29, 0.717) is 30.8 Å². The predicted molar refractivity (Wildman–Crippen MR) is 108 cm³/mol. The number of benzene rings is 2. The van der Waals surface area contributed by atoms with Crippen LogP contribution in [0.2, 0.25) is 0 Å². The minimum absolute atomic E-state index is 0.115. The predicted octanol–water partition coefficient (Wildman–Crippen LogP) is 1.32. The highest BCUT2D eigenvalue weighted by Crippen LogP contribution is 2.24. The normalized spacial score (nSPS) is 15.2. The van der Waals surface area contributed by atoms with Crippen molar-refractivity contribution in [1.82, 2.24) is 10.6 Å². The van der Waals surface area contributed by atoms with Crippen LogP contribution in [0.15, 0.2) is 54.6 Å². The summed E-state index contributed by atoms with van der Waals surface area (Å²) in [6.45, 7) is 0.838. The molecule has 0 aromatic heterocycles. The summed E-state index contributed by atoms with van der Waals surface area (Å²) in [6.07, 6.45) is 1.32. The van der Waals surface area contributed by atoms with E-state index in [9.17, 15) is 18.0 Å². The zero-order chi connectivity index (χ0) is 20.0. The van der Waals surface area contributed by atoms with Gasteiger partial charge in [-0.2, -0.15) is 0 Å². The third-order valence-corrected chi connectivity index (χ3v) is 6.37. The van der Waals surface area contributed by atoms with Gasteiger partial charge in [-0.05, 0) is 42.7 Å². The van der Waals surface area contributed by atoms with Crippen molar-refractivity contribution in [2.45, 2.75) is 12.8 Å². The van der Waals surface area contributed by atoms with Gasteiger partial charge in [0.15, 0.2) is 0 Å². The number of hydrogen-bond donors (Lipinski definition) is 2. The van der Waals surface area contributed by atoms with Crippen LogP contribution in [0.3, 0.4) is 0 Å². The fourth-order valence-corrected chi connectivity index (χ4v) is 4.59. The lowest BCUT2D eigenvalue weighted by atomic mass is 10.1. The third-order valence-electron chi connectivity index (χ3n) is 4.50. The molecule has 7 nitrogen and oxygen atoms in total. The van der Waals surface area contributed by atoms with Crippen LogP contribution in [0.25, 0.3) is 0 Å². The first-order valence-corrected chi connectivity index (χ1v) is 10.8. The van der Waals surface area contributed by atoms with Crippen molar-refractivity contribution in [3.05, 3.63) is 65.7 Å². The van der Waals surface area contributed by atoms with Crippen molar-refractivity contribution in [1.29, 1.82) is 0 Å². The molecule has 2 aromatic rings. The number of nitrogens with zero attached hydrogens (tertiary/aromatic N) is 1. The van der Waals surface area contributed by atoms with Crippen LogP contribution in [0.4, 0.5) is 5.69 Å². The number of nitrogens with one attached hydrogen (secondary N) is 2. The standard InChI is InChI=1S/C20H23N3O4S/c24-19(21-12-11-16-5-2-1-3-6-16)15-22-20(25)17-7-9-18(10-8-17)23-13-4-14-28(23,26)27/h1-3,5-10H,4,11-15H2,(H,21,24)(H,22,25). The number of amides is 2. The summed E-state index contributed by atoms with van der Waals surface area (Å²) in [7, 11) is -3.24. The lowest BCUT2D eigenvalue weighted by molar-refractivity contribution is -0.120. The van der Waals surface area contributed by atoms with Crippen molar-refractivity contribution in [2.24, 2.45) is 0 Å². The van der Waals surface area contributed by atoms with E-state index < -0.39 is 10.0 Å². The van der Waals surface area contributed by atoms with Gasteiger partial charge in [0.1, 0.15) is 0 Å². The van der Waals surface area contributed by atoms with Crippen LogP contribution in [0.1, 0.15) is 22.3 Å². The monoisotopic (exact) mass is 401 g/mol. The molecule has 1 fully saturated rings. The molecule has 0 atom stereocenters. The summed E-state index contributed by atoms with van der Waals surface area (Å²) in [4.78, 5) is 24.1. The summed E-state index contributed by atoms with van der Waals surface area (Å²) in [5, 5.41) is 5.34. The largest absolute Gasteiger partial charge is 0.354 e. The van der Waals surface area contributed by atoms with Gasteiger partial charge in [0.2, 0.25) is 15.9 Å². The molecule has 0 aliphatic carbocycles. The Labute approximate surface area is 164 Å². The second-order valence-electron chi connectivity index (χ2n) is 6.56. The molecule has 1 aliphatic rings. The van der Waals surface area contributed by atoms with Gasteiger partial charge in [0.25, 0.3) is 5.91 Å². The van der Waals surface area contributed by atoms with Crippen LogP contribution in [-0.2, 0) is 21.2 Å². The van der Waals surface area contributed by atoms with E-state index >= 15 is 0 Å². The highest BCUT2D eigenvalue weighted by Gasteiger charge is 2.28. The van der Waals surface area contributed by atoms with Crippen molar-refractivity contribution in [3.8, 4) is 0 Å². The SMILES string of the molecule is O=C(CNC(=O)c1ccc(N2CCCS2(=O)=O)cc1)NCCc1ccccc1. The maximum absolute atomic E-state index is 12.2. The summed E-state index contributed by atoms with van der Waals surface area (Å²) >= 11 is 0. The molecule has 2 aromatic carbocycles. The zero-order valence-electron chi connectivity index (χ0n) is 15.4. The molecule has 148 valence electrons. The second-order valence-corrected chi connectivity index (χ2v) is 8.57. The van der Waals surface area contributed by atoms with Crippen molar-refractivity contribution in [2.75, 3.05) is 29.7 Å². The summed E-state index contributed by atoms with van der Waals surface area (Å²) < 4.78 is 25.2. The molecule has 28 heavy (non-hydrogen) atoms. The fraction of sp³-hybridized carbons (Fsp3) is 0.300. The van der Waals surface area contributed by atoms with E-state index in [1.807, 2.05) is 30.3 Å². The van der Waals surface area contributed by atoms with Crippen molar-refractivity contribution < 1.29 is 18.0 Å².